The first-order valence-electron chi connectivity index (χ1n) is 6.81. The number of hydrogen-bond donors (Lipinski definition) is 1. The van der Waals surface area contributed by atoms with Crippen LogP contribution < -0.4 is 5.32 Å². The summed E-state index contributed by atoms with van der Waals surface area (Å²) in [6, 6.07) is 12.8. The molecule has 20 heavy (non-hydrogen) atoms. The van der Waals surface area contributed by atoms with E-state index in [-0.39, 0.29) is 0 Å². The molecular weight excluding hydrogens is 332 g/mol. The van der Waals surface area contributed by atoms with Crippen molar-refractivity contribution in [3.63, 3.8) is 0 Å². The van der Waals surface area contributed by atoms with Crippen molar-refractivity contribution in [3.05, 3.63) is 58.3 Å². The van der Waals surface area contributed by atoms with Gasteiger partial charge in [0.05, 0.1) is 5.69 Å². The Hall–Kier alpha value is -0.840. The molecule has 1 heterocycles. The molecule has 0 fully saturated rings. The SMILES string of the molecule is CCCNCc1cccc(SCc2ccc(Br)cn2)c1. The van der Waals surface area contributed by atoms with E-state index in [1.54, 1.807) is 0 Å². The van der Waals surface area contributed by atoms with E-state index < -0.39 is 0 Å². The maximum atomic E-state index is 4.40. The quantitative estimate of drug-likeness (QED) is 0.581. The van der Waals surface area contributed by atoms with Crippen molar-refractivity contribution in [3.8, 4) is 0 Å². The zero-order valence-corrected chi connectivity index (χ0v) is 14.0. The van der Waals surface area contributed by atoms with Crippen molar-refractivity contribution in [1.29, 1.82) is 0 Å². The van der Waals surface area contributed by atoms with Crippen LogP contribution in [0.3, 0.4) is 0 Å². The minimum absolute atomic E-state index is 0.902. The van der Waals surface area contributed by atoms with E-state index in [2.05, 4.69) is 63.5 Å². The third-order valence-corrected chi connectivity index (χ3v) is 4.33. The van der Waals surface area contributed by atoms with Gasteiger partial charge in [-0.3, -0.25) is 4.98 Å². The van der Waals surface area contributed by atoms with Crippen molar-refractivity contribution in [2.45, 2.75) is 30.5 Å². The van der Waals surface area contributed by atoms with Crippen molar-refractivity contribution in [2.24, 2.45) is 0 Å². The van der Waals surface area contributed by atoms with E-state index in [0.29, 0.717) is 0 Å². The highest BCUT2D eigenvalue weighted by Gasteiger charge is 2.00. The number of thioether (sulfide) groups is 1. The van der Waals surface area contributed by atoms with Gasteiger partial charge >= 0.3 is 0 Å². The number of nitrogens with one attached hydrogen (secondary N) is 1. The lowest BCUT2D eigenvalue weighted by Crippen LogP contribution is -2.13. The number of aromatic nitrogens is 1. The molecule has 0 aliphatic rings. The smallest absolute Gasteiger partial charge is 0.0507 e. The van der Waals surface area contributed by atoms with E-state index in [0.717, 1.165) is 29.0 Å². The summed E-state index contributed by atoms with van der Waals surface area (Å²) >= 11 is 5.23. The van der Waals surface area contributed by atoms with E-state index in [4.69, 9.17) is 0 Å². The molecule has 1 aromatic heterocycles. The van der Waals surface area contributed by atoms with Crippen LogP contribution in [-0.4, -0.2) is 11.5 Å². The topological polar surface area (TPSA) is 24.9 Å². The zero-order chi connectivity index (χ0) is 14.2. The third-order valence-electron chi connectivity index (χ3n) is 2.83. The molecule has 0 spiro atoms. The van der Waals surface area contributed by atoms with Gasteiger partial charge in [0.15, 0.2) is 0 Å². The van der Waals surface area contributed by atoms with Crippen molar-refractivity contribution in [1.82, 2.24) is 10.3 Å². The first-order valence-corrected chi connectivity index (χ1v) is 8.58. The fraction of sp³-hybridized carbons (Fsp3) is 0.312. The minimum Gasteiger partial charge on any atom is -0.313 e. The summed E-state index contributed by atoms with van der Waals surface area (Å²) in [4.78, 5) is 5.69. The molecule has 0 saturated carbocycles. The Labute approximate surface area is 133 Å². The summed E-state index contributed by atoms with van der Waals surface area (Å²) < 4.78 is 1.02. The van der Waals surface area contributed by atoms with Gasteiger partial charge in [-0.1, -0.05) is 19.1 Å². The molecule has 106 valence electrons. The molecule has 1 aromatic carbocycles. The summed E-state index contributed by atoms with van der Waals surface area (Å²) in [5.41, 5.74) is 2.44. The monoisotopic (exact) mass is 350 g/mol. The number of hydrogen-bond acceptors (Lipinski definition) is 3. The lowest BCUT2D eigenvalue weighted by molar-refractivity contribution is 0.674. The predicted molar refractivity (Wildman–Crippen MR) is 89.9 cm³/mol. The van der Waals surface area contributed by atoms with Crippen molar-refractivity contribution >= 4 is 27.7 Å². The molecule has 0 radical (unpaired) electrons. The average Bonchev–Trinajstić information content (AvgIpc) is 2.47. The fourth-order valence-electron chi connectivity index (χ4n) is 1.80. The van der Waals surface area contributed by atoms with Gasteiger partial charge in [0.1, 0.15) is 0 Å². The zero-order valence-electron chi connectivity index (χ0n) is 11.6. The van der Waals surface area contributed by atoms with Crippen LogP contribution in [-0.2, 0) is 12.3 Å². The Morgan fingerprint density at radius 2 is 2.15 bits per heavy atom. The number of nitrogens with zero attached hydrogens (tertiary/aromatic N) is 1. The molecule has 2 rings (SSSR count). The summed E-state index contributed by atoms with van der Waals surface area (Å²) in [6.07, 6.45) is 3.02. The Bertz CT molecular complexity index is 528. The van der Waals surface area contributed by atoms with Crippen LogP contribution in [0.4, 0.5) is 0 Å². The molecule has 0 aliphatic carbocycles. The second-order valence-corrected chi connectivity index (χ2v) is 6.55. The van der Waals surface area contributed by atoms with Crippen LogP contribution in [0.25, 0.3) is 0 Å². The number of benzene rings is 1. The molecule has 2 aromatic rings. The largest absolute Gasteiger partial charge is 0.313 e. The molecule has 0 saturated heterocycles. The van der Waals surface area contributed by atoms with Gasteiger partial charge in [0, 0.05) is 27.9 Å². The van der Waals surface area contributed by atoms with Crippen LogP contribution in [0.2, 0.25) is 0 Å². The van der Waals surface area contributed by atoms with Crippen LogP contribution in [0.5, 0.6) is 0 Å². The van der Waals surface area contributed by atoms with Crippen LogP contribution in [0.15, 0.2) is 52.0 Å². The van der Waals surface area contributed by atoms with Gasteiger partial charge in [0.2, 0.25) is 0 Å². The van der Waals surface area contributed by atoms with E-state index in [1.807, 2.05) is 24.0 Å². The van der Waals surface area contributed by atoms with Crippen molar-refractivity contribution in [2.75, 3.05) is 6.54 Å². The Kier molecular flexibility index (Phi) is 6.57. The van der Waals surface area contributed by atoms with Gasteiger partial charge in [-0.25, -0.2) is 0 Å². The Morgan fingerprint density at radius 3 is 2.90 bits per heavy atom. The van der Waals surface area contributed by atoms with Gasteiger partial charge in [-0.15, -0.1) is 11.8 Å². The second kappa shape index (κ2) is 8.45. The lowest BCUT2D eigenvalue weighted by Gasteiger charge is -2.06. The second-order valence-electron chi connectivity index (χ2n) is 4.58. The highest BCUT2D eigenvalue weighted by molar-refractivity contribution is 9.10. The first kappa shape index (κ1) is 15.5. The van der Waals surface area contributed by atoms with Gasteiger partial charge in [0.25, 0.3) is 0 Å². The summed E-state index contributed by atoms with van der Waals surface area (Å²) in [5, 5.41) is 3.43. The van der Waals surface area contributed by atoms with Crippen LogP contribution in [0, 0.1) is 0 Å². The standard InChI is InChI=1S/C16H19BrN2S/c1-2-8-18-10-13-4-3-5-16(9-13)20-12-15-7-6-14(17)11-19-15/h3-7,9,11,18H,2,8,10,12H2,1H3. The Balaban J connectivity index is 1.89. The molecule has 0 bridgehead atoms. The minimum atomic E-state index is 0.902. The fourth-order valence-corrected chi connectivity index (χ4v) is 2.93. The van der Waals surface area contributed by atoms with E-state index >= 15 is 0 Å². The molecular formula is C16H19BrN2S. The first-order chi connectivity index (χ1) is 9.78. The number of halogens is 1. The summed E-state index contributed by atoms with van der Waals surface area (Å²) in [5.74, 6) is 0.902. The van der Waals surface area contributed by atoms with Gasteiger partial charge in [-0.05, 0) is 58.7 Å². The molecule has 0 atom stereocenters. The van der Waals surface area contributed by atoms with E-state index in [9.17, 15) is 0 Å². The maximum absolute atomic E-state index is 4.40. The number of rotatable bonds is 7. The molecule has 0 unspecified atom stereocenters. The highest BCUT2D eigenvalue weighted by atomic mass is 79.9. The van der Waals surface area contributed by atoms with Crippen LogP contribution >= 0.6 is 27.7 Å². The normalized spacial score (nSPS) is 10.7. The number of pyridine rings is 1. The molecule has 0 aliphatic heterocycles. The third kappa shape index (κ3) is 5.27. The summed E-state index contributed by atoms with van der Waals surface area (Å²) in [6.45, 7) is 4.20. The van der Waals surface area contributed by atoms with Gasteiger partial charge < -0.3 is 5.32 Å². The molecule has 4 heteroatoms. The van der Waals surface area contributed by atoms with Crippen LogP contribution in [0.1, 0.15) is 24.6 Å². The molecule has 1 N–H and O–H groups in total. The average molecular weight is 351 g/mol. The Morgan fingerprint density at radius 1 is 1.25 bits per heavy atom. The maximum Gasteiger partial charge on any atom is 0.0507 e. The van der Waals surface area contributed by atoms with E-state index in [1.165, 1.54) is 16.9 Å². The molecule has 0 amide bonds. The lowest BCUT2D eigenvalue weighted by atomic mass is 10.2. The highest BCUT2D eigenvalue weighted by Crippen LogP contribution is 2.23. The van der Waals surface area contributed by atoms with Gasteiger partial charge in [-0.2, -0.15) is 0 Å². The molecule has 2 nitrogen and oxygen atoms in total. The summed E-state index contributed by atoms with van der Waals surface area (Å²) in [7, 11) is 0. The predicted octanol–water partition coefficient (Wildman–Crippen LogP) is 4.64. The van der Waals surface area contributed by atoms with Crippen molar-refractivity contribution < 1.29 is 0 Å².